The van der Waals surface area contributed by atoms with Gasteiger partial charge in [0.2, 0.25) is 23.6 Å². The molecule has 4 unspecified atom stereocenters. The highest BCUT2D eigenvalue weighted by Crippen LogP contribution is 2.21. The SMILES string of the molecule is NC(=O)CC(N)C(=O)NC(Cc1c[nH]c2ccccc12)C(=O)NC(Cc1ccc(O)cc1)C(=O)NC(Cc1c[nH]c2ccccc12)C(=O)O. The Hall–Kier alpha value is -6.15. The number of aromatic amines is 2. The first-order valence-corrected chi connectivity index (χ1v) is 15.5. The molecule has 2 heterocycles. The van der Waals surface area contributed by atoms with E-state index >= 15 is 0 Å². The molecule has 2 aromatic heterocycles. The number of para-hydroxylation sites is 2. The lowest BCUT2D eigenvalue weighted by atomic mass is 10.0. The van der Waals surface area contributed by atoms with Crippen LogP contribution in [0.15, 0.2) is 85.2 Å². The zero-order valence-corrected chi connectivity index (χ0v) is 26.3. The van der Waals surface area contributed by atoms with Crippen LogP contribution >= 0.6 is 0 Å². The zero-order valence-electron chi connectivity index (χ0n) is 26.3. The monoisotopic (exact) mass is 667 g/mol. The number of H-pyrrole nitrogens is 2. The summed E-state index contributed by atoms with van der Waals surface area (Å²) in [5, 5.41) is 29.3. The lowest BCUT2D eigenvalue weighted by molar-refractivity contribution is -0.142. The van der Waals surface area contributed by atoms with Gasteiger partial charge in [-0.1, -0.05) is 48.5 Å². The lowest BCUT2D eigenvalue weighted by Gasteiger charge is -2.25. The first-order chi connectivity index (χ1) is 23.5. The van der Waals surface area contributed by atoms with E-state index in [4.69, 9.17) is 11.5 Å². The van der Waals surface area contributed by atoms with Crippen LogP contribution in [0.1, 0.15) is 23.1 Å². The van der Waals surface area contributed by atoms with Crippen molar-refractivity contribution in [1.82, 2.24) is 25.9 Å². The van der Waals surface area contributed by atoms with E-state index in [1.807, 2.05) is 48.5 Å². The Balaban J connectivity index is 1.41. The molecule has 14 heteroatoms. The molecule has 11 N–H and O–H groups in total. The molecule has 5 aromatic rings. The third kappa shape index (κ3) is 8.61. The van der Waals surface area contributed by atoms with Crippen LogP contribution < -0.4 is 27.4 Å². The minimum atomic E-state index is -1.35. The minimum Gasteiger partial charge on any atom is -0.508 e. The summed E-state index contributed by atoms with van der Waals surface area (Å²) in [6.45, 7) is 0. The Morgan fingerprint density at radius 1 is 0.653 bits per heavy atom. The van der Waals surface area contributed by atoms with Crippen LogP contribution in [0.25, 0.3) is 21.8 Å². The summed E-state index contributed by atoms with van der Waals surface area (Å²) in [5.74, 6) is -4.42. The smallest absolute Gasteiger partial charge is 0.326 e. The largest absolute Gasteiger partial charge is 0.508 e. The third-order valence-electron chi connectivity index (χ3n) is 8.21. The van der Waals surface area contributed by atoms with Gasteiger partial charge in [-0.05, 0) is 41.0 Å². The number of phenolic OH excluding ortho intramolecular Hbond substituents is 1. The van der Waals surface area contributed by atoms with E-state index in [9.17, 15) is 34.2 Å². The maximum atomic E-state index is 14.0. The molecule has 0 saturated carbocycles. The van der Waals surface area contributed by atoms with Gasteiger partial charge in [0.1, 0.15) is 23.9 Å². The summed E-state index contributed by atoms with van der Waals surface area (Å²) >= 11 is 0. The van der Waals surface area contributed by atoms with Gasteiger partial charge in [0.15, 0.2) is 0 Å². The number of fused-ring (bicyclic) bond motifs is 2. The maximum Gasteiger partial charge on any atom is 0.326 e. The second-order valence-corrected chi connectivity index (χ2v) is 11.8. The van der Waals surface area contributed by atoms with Crippen LogP contribution in [0.3, 0.4) is 0 Å². The normalized spacial score (nSPS) is 13.7. The predicted octanol–water partition coefficient (Wildman–Crippen LogP) is 1.12. The van der Waals surface area contributed by atoms with E-state index in [0.29, 0.717) is 16.7 Å². The Kier molecular flexibility index (Phi) is 10.6. The number of aromatic hydroxyl groups is 1. The molecular weight excluding hydrogens is 630 g/mol. The molecule has 4 atom stereocenters. The van der Waals surface area contributed by atoms with Gasteiger partial charge in [0.05, 0.1) is 12.5 Å². The number of phenols is 1. The highest BCUT2D eigenvalue weighted by atomic mass is 16.4. The zero-order chi connectivity index (χ0) is 35.1. The van der Waals surface area contributed by atoms with E-state index in [1.54, 1.807) is 24.5 Å². The molecule has 49 heavy (non-hydrogen) atoms. The van der Waals surface area contributed by atoms with Gasteiger partial charge < -0.3 is 47.6 Å². The maximum absolute atomic E-state index is 14.0. The van der Waals surface area contributed by atoms with Crippen molar-refractivity contribution in [2.45, 2.75) is 49.9 Å². The predicted molar refractivity (Wildman–Crippen MR) is 181 cm³/mol. The molecule has 0 fully saturated rings. The fourth-order valence-corrected chi connectivity index (χ4v) is 5.66. The number of aromatic nitrogens is 2. The number of rotatable bonds is 15. The Morgan fingerprint density at radius 3 is 1.65 bits per heavy atom. The van der Waals surface area contributed by atoms with Crippen LogP contribution in [-0.2, 0) is 43.2 Å². The molecule has 0 bridgehead atoms. The van der Waals surface area contributed by atoms with E-state index < -0.39 is 60.2 Å². The van der Waals surface area contributed by atoms with Crippen molar-refractivity contribution in [3.8, 4) is 5.75 Å². The topological polar surface area (TPSA) is 246 Å². The standard InChI is InChI=1S/C35H37N7O7/c36-25(16-31(37)44)32(45)40-29(14-20-17-38-26-7-3-1-5-23(20)26)34(47)41-28(13-19-9-11-22(43)12-10-19)33(46)42-30(35(48)49)15-21-18-39-27-8-4-2-6-24(21)27/h1-12,17-18,25,28-30,38-39,43H,13-16,36H2,(H2,37,44)(H,40,45)(H,41,47)(H,42,46)(H,48,49). The fourth-order valence-electron chi connectivity index (χ4n) is 5.66. The van der Waals surface area contributed by atoms with Crippen LogP contribution in [0.2, 0.25) is 0 Å². The third-order valence-corrected chi connectivity index (χ3v) is 8.21. The average Bonchev–Trinajstić information content (AvgIpc) is 3.68. The van der Waals surface area contributed by atoms with Crippen LogP contribution in [0.4, 0.5) is 0 Å². The highest BCUT2D eigenvalue weighted by Gasteiger charge is 2.32. The summed E-state index contributed by atoms with van der Waals surface area (Å²) < 4.78 is 0. The fraction of sp³-hybridized carbons (Fsp3) is 0.229. The molecule has 0 saturated heterocycles. The number of nitrogens with two attached hydrogens (primary N) is 2. The van der Waals surface area contributed by atoms with Crippen molar-refractivity contribution in [3.63, 3.8) is 0 Å². The van der Waals surface area contributed by atoms with Gasteiger partial charge in [-0.3, -0.25) is 19.2 Å². The number of carbonyl (C=O) groups excluding carboxylic acids is 4. The number of amides is 4. The van der Waals surface area contributed by atoms with Gasteiger partial charge in [0.25, 0.3) is 0 Å². The van der Waals surface area contributed by atoms with Gasteiger partial charge in [-0.25, -0.2) is 4.79 Å². The number of carboxylic acid groups (broad SMARTS) is 1. The number of hydrogen-bond donors (Lipinski definition) is 9. The molecule has 14 nitrogen and oxygen atoms in total. The highest BCUT2D eigenvalue weighted by molar-refractivity contribution is 5.96. The molecule has 0 spiro atoms. The van der Waals surface area contributed by atoms with Crippen molar-refractivity contribution >= 4 is 51.4 Å². The first-order valence-electron chi connectivity index (χ1n) is 15.5. The number of aliphatic carboxylic acids is 1. The second kappa shape index (κ2) is 15.2. The first kappa shape index (κ1) is 34.2. The summed E-state index contributed by atoms with van der Waals surface area (Å²) in [4.78, 5) is 70.8. The molecule has 0 radical (unpaired) electrons. The van der Waals surface area contributed by atoms with Gasteiger partial charge in [0, 0.05) is 53.5 Å². The Bertz CT molecular complexity index is 1990. The van der Waals surface area contributed by atoms with Crippen molar-refractivity contribution in [2.24, 2.45) is 11.5 Å². The van der Waals surface area contributed by atoms with E-state index in [1.165, 1.54) is 12.1 Å². The Morgan fingerprint density at radius 2 is 1.12 bits per heavy atom. The van der Waals surface area contributed by atoms with Crippen molar-refractivity contribution < 1.29 is 34.2 Å². The molecule has 5 rings (SSSR count). The molecular formula is C35H37N7O7. The molecule has 254 valence electrons. The quantitative estimate of drug-likeness (QED) is 0.0781. The molecule has 0 aliphatic rings. The number of benzene rings is 3. The minimum absolute atomic E-state index is 0.00716. The molecule has 3 aromatic carbocycles. The molecule has 0 aliphatic carbocycles. The summed E-state index contributed by atoms with van der Waals surface area (Å²) in [6, 6.07) is 15.4. The van der Waals surface area contributed by atoms with Crippen LogP contribution in [-0.4, -0.2) is 73.9 Å². The van der Waals surface area contributed by atoms with Gasteiger partial charge in [-0.15, -0.1) is 0 Å². The van der Waals surface area contributed by atoms with Crippen molar-refractivity contribution in [1.29, 1.82) is 0 Å². The van der Waals surface area contributed by atoms with Gasteiger partial charge >= 0.3 is 5.97 Å². The number of hydrogen-bond acceptors (Lipinski definition) is 7. The summed E-state index contributed by atoms with van der Waals surface area (Å²) in [5.41, 5.74) is 14.6. The van der Waals surface area contributed by atoms with E-state index in [2.05, 4.69) is 25.9 Å². The summed E-state index contributed by atoms with van der Waals surface area (Å²) in [6.07, 6.45) is 2.80. The number of carboxylic acids is 1. The van der Waals surface area contributed by atoms with E-state index in [0.717, 1.165) is 21.8 Å². The molecule has 4 amide bonds. The van der Waals surface area contributed by atoms with Crippen LogP contribution in [0, 0.1) is 0 Å². The number of primary amides is 1. The van der Waals surface area contributed by atoms with Crippen molar-refractivity contribution in [3.05, 3.63) is 102 Å². The second-order valence-electron chi connectivity index (χ2n) is 11.8. The Labute approximate surface area is 280 Å². The van der Waals surface area contributed by atoms with Crippen molar-refractivity contribution in [2.75, 3.05) is 0 Å². The van der Waals surface area contributed by atoms with E-state index in [-0.39, 0.29) is 25.0 Å². The number of carbonyl (C=O) groups is 5. The lowest BCUT2D eigenvalue weighted by Crippen LogP contribution is -2.58. The van der Waals surface area contributed by atoms with Gasteiger partial charge in [-0.2, -0.15) is 0 Å². The summed E-state index contributed by atoms with van der Waals surface area (Å²) in [7, 11) is 0. The van der Waals surface area contributed by atoms with Crippen LogP contribution in [0.5, 0.6) is 5.75 Å². The number of nitrogens with one attached hydrogen (secondary N) is 5. The average molecular weight is 668 g/mol. The molecule has 0 aliphatic heterocycles.